The zero-order valence-corrected chi connectivity index (χ0v) is 21.4. The van der Waals surface area contributed by atoms with E-state index in [9.17, 15) is 4.79 Å². The molecular formula is C27H29N7O4. The molecule has 1 saturated heterocycles. The van der Waals surface area contributed by atoms with Gasteiger partial charge >= 0.3 is 0 Å². The molecular weight excluding hydrogens is 486 g/mol. The van der Waals surface area contributed by atoms with E-state index in [1.54, 1.807) is 24.2 Å². The number of pyridine rings is 2. The summed E-state index contributed by atoms with van der Waals surface area (Å²) >= 11 is 0. The molecule has 1 N–H and O–H groups in total. The van der Waals surface area contributed by atoms with Crippen molar-refractivity contribution in [1.29, 1.82) is 0 Å². The summed E-state index contributed by atoms with van der Waals surface area (Å²) in [7, 11) is 3.50. The lowest BCUT2D eigenvalue weighted by atomic mass is 10.1. The largest absolute Gasteiger partial charge is 0.494 e. The summed E-state index contributed by atoms with van der Waals surface area (Å²) in [6, 6.07) is 3.80. The number of aryl methyl sites for hydroxylation is 1. The summed E-state index contributed by atoms with van der Waals surface area (Å²) in [5, 5.41) is 13.2. The van der Waals surface area contributed by atoms with Gasteiger partial charge in [-0.25, -0.2) is 4.98 Å². The molecule has 3 fully saturated rings. The lowest BCUT2D eigenvalue weighted by molar-refractivity contribution is -0.177. The van der Waals surface area contributed by atoms with Crippen LogP contribution >= 0.6 is 0 Å². The van der Waals surface area contributed by atoms with Gasteiger partial charge in [0, 0.05) is 48.3 Å². The van der Waals surface area contributed by atoms with Gasteiger partial charge in [0.1, 0.15) is 23.2 Å². The highest BCUT2D eigenvalue weighted by Gasteiger charge is 2.49. The summed E-state index contributed by atoms with van der Waals surface area (Å²) in [4.78, 5) is 21.4. The number of carbonyl (C=O) groups is 1. The van der Waals surface area contributed by atoms with Gasteiger partial charge in [0.2, 0.25) is 5.91 Å². The van der Waals surface area contributed by atoms with Crippen molar-refractivity contribution >= 4 is 22.6 Å². The van der Waals surface area contributed by atoms with Crippen molar-refractivity contribution in [2.75, 3.05) is 25.6 Å². The Morgan fingerprint density at radius 3 is 2.79 bits per heavy atom. The van der Waals surface area contributed by atoms with Crippen LogP contribution in [-0.2, 0) is 21.3 Å². The number of rotatable bonds is 6. The predicted molar refractivity (Wildman–Crippen MR) is 138 cm³/mol. The van der Waals surface area contributed by atoms with E-state index in [1.165, 1.54) is 0 Å². The monoisotopic (exact) mass is 515 g/mol. The summed E-state index contributed by atoms with van der Waals surface area (Å²) in [6.07, 6.45) is 12.1. The molecule has 196 valence electrons. The van der Waals surface area contributed by atoms with Gasteiger partial charge in [0.25, 0.3) is 0 Å². The molecule has 2 saturated carbocycles. The van der Waals surface area contributed by atoms with E-state index >= 15 is 0 Å². The fourth-order valence-electron chi connectivity index (χ4n) is 5.74. The smallest absolute Gasteiger partial charge is 0.228 e. The Labute approximate surface area is 219 Å². The standard InChI is InChI=1S/C27H29N7O4/c1-33-20-14-29-22(31-26(35)16-5-6-16)12-19(20)23(32-33)24-25(36-2)18(7-9-28-24)17-13-30-34(15-17)21-4-3-8-27(21)37-10-11-38-27/h7,9,12-16,21H,3-6,8,10-11H2,1-2H3,(H,29,31,35)/t21-/m0/s1. The number of nitrogens with zero attached hydrogens (tertiary/aromatic N) is 6. The van der Waals surface area contributed by atoms with Crippen molar-refractivity contribution in [3.8, 4) is 28.3 Å². The number of aromatic nitrogens is 6. The van der Waals surface area contributed by atoms with Crippen molar-refractivity contribution in [2.24, 2.45) is 13.0 Å². The second kappa shape index (κ2) is 8.88. The Kier molecular flexibility index (Phi) is 5.45. The number of nitrogens with one attached hydrogen (secondary N) is 1. The van der Waals surface area contributed by atoms with Gasteiger partial charge in [-0.3, -0.25) is 19.1 Å². The summed E-state index contributed by atoms with van der Waals surface area (Å²) in [5.74, 6) is 0.619. The van der Waals surface area contributed by atoms with Gasteiger partial charge in [-0.2, -0.15) is 10.2 Å². The third-order valence-electron chi connectivity index (χ3n) is 7.79. The zero-order chi connectivity index (χ0) is 25.9. The van der Waals surface area contributed by atoms with E-state index in [1.807, 2.05) is 36.3 Å². The lowest BCUT2D eigenvalue weighted by Crippen LogP contribution is -2.36. The molecule has 4 aromatic heterocycles. The Balaban J connectivity index is 1.27. The average molecular weight is 516 g/mol. The zero-order valence-electron chi connectivity index (χ0n) is 21.4. The Morgan fingerprint density at radius 2 is 2.00 bits per heavy atom. The van der Waals surface area contributed by atoms with E-state index in [4.69, 9.17) is 24.4 Å². The first-order valence-electron chi connectivity index (χ1n) is 13.1. The molecule has 1 atom stereocenters. The molecule has 1 spiro atoms. The maximum Gasteiger partial charge on any atom is 0.228 e. The van der Waals surface area contributed by atoms with Gasteiger partial charge in [0.15, 0.2) is 11.5 Å². The number of fused-ring (bicyclic) bond motifs is 1. The summed E-state index contributed by atoms with van der Waals surface area (Å²) < 4.78 is 21.7. The predicted octanol–water partition coefficient (Wildman–Crippen LogP) is 3.72. The topological polar surface area (TPSA) is 118 Å². The molecule has 0 unspecified atom stereocenters. The first-order chi connectivity index (χ1) is 18.6. The van der Waals surface area contributed by atoms with Gasteiger partial charge in [-0.1, -0.05) is 0 Å². The fraction of sp³-hybridized carbons (Fsp3) is 0.444. The molecule has 38 heavy (non-hydrogen) atoms. The van der Waals surface area contributed by atoms with E-state index in [2.05, 4.69) is 15.3 Å². The van der Waals surface area contributed by atoms with E-state index in [0.29, 0.717) is 36.2 Å². The molecule has 0 bridgehead atoms. The van der Waals surface area contributed by atoms with Crippen molar-refractivity contribution in [3.05, 3.63) is 36.9 Å². The van der Waals surface area contributed by atoms with Gasteiger partial charge in [-0.15, -0.1) is 0 Å². The number of carbonyl (C=O) groups excluding carboxylic acids is 1. The number of anilines is 1. The highest BCUT2D eigenvalue weighted by molar-refractivity contribution is 5.99. The third-order valence-corrected chi connectivity index (χ3v) is 7.79. The molecule has 5 heterocycles. The maximum atomic E-state index is 12.3. The highest BCUT2D eigenvalue weighted by Crippen LogP contribution is 2.46. The van der Waals surface area contributed by atoms with Crippen LogP contribution in [0.2, 0.25) is 0 Å². The molecule has 0 aromatic carbocycles. The van der Waals surface area contributed by atoms with Gasteiger partial charge in [0.05, 0.1) is 38.2 Å². The summed E-state index contributed by atoms with van der Waals surface area (Å²) in [5.41, 5.74) is 3.85. The molecule has 2 aliphatic carbocycles. The van der Waals surface area contributed by atoms with Crippen LogP contribution in [0.3, 0.4) is 0 Å². The van der Waals surface area contributed by atoms with Crippen LogP contribution in [0.5, 0.6) is 5.75 Å². The minimum atomic E-state index is -0.579. The van der Waals surface area contributed by atoms with Crippen LogP contribution in [-0.4, -0.2) is 61.5 Å². The lowest BCUT2D eigenvalue weighted by Gasteiger charge is -2.29. The first-order valence-corrected chi connectivity index (χ1v) is 13.1. The minimum Gasteiger partial charge on any atom is -0.494 e. The van der Waals surface area contributed by atoms with Crippen molar-refractivity contribution in [2.45, 2.75) is 43.9 Å². The molecule has 0 radical (unpaired) electrons. The van der Waals surface area contributed by atoms with Gasteiger partial charge < -0.3 is 19.5 Å². The number of methoxy groups -OCH3 is 1. The van der Waals surface area contributed by atoms with Crippen LogP contribution in [0.1, 0.15) is 38.1 Å². The third kappa shape index (κ3) is 3.76. The number of ether oxygens (including phenoxy) is 3. The molecule has 11 nitrogen and oxygen atoms in total. The van der Waals surface area contributed by atoms with Crippen molar-refractivity contribution < 1.29 is 19.0 Å². The second-order valence-corrected chi connectivity index (χ2v) is 10.2. The van der Waals surface area contributed by atoms with Crippen molar-refractivity contribution in [1.82, 2.24) is 29.5 Å². The van der Waals surface area contributed by atoms with Crippen LogP contribution in [0, 0.1) is 5.92 Å². The number of amides is 1. The van der Waals surface area contributed by atoms with E-state index < -0.39 is 5.79 Å². The van der Waals surface area contributed by atoms with Crippen LogP contribution in [0.15, 0.2) is 36.9 Å². The Hall–Kier alpha value is -3.83. The van der Waals surface area contributed by atoms with Crippen molar-refractivity contribution in [3.63, 3.8) is 0 Å². The Bertz CT molecular complexity index is 1530. The first kappa shape index (κ1) is 23.3. The normalized spacial score (nSPS) is 20.4. The van der Waals surface area contributed by atoms with Gasteiger partial charge in [-0.05, 0) is 37.8 Å². The maximum absolute atomic E-state index is 12.3. The molecule has 3 aliphatic rings. The minimum absolute atomic E-state index is 0.00875. The molecule has 7 rings (SSSR count). The number of hydrogen-bond acceptors (Lipinski definition) is 8. The van der Waals surface area contributed by atoms with E-state index in [-0.39, 0.29) is 17.9 Å². The molecule has 1 aliphatic heterocycles. The highest BCUT2D eigenvalue weighted by atomic mass is 16.7. The number of hydrogen-bond donors (Lipinski definition) is 1. The van der Waals surface area contributed by atoms with E-state index in [0.717, 1.165) is 54.1 Å². The van der Waals surface area contributed by atoms with Crippen LogP contribution in [0.4, 0.5) is 5.82 Å². The molecule has 4 aromatic rings. The molecule has 1 amide bonds. The average Bonchev–Trinajstić information content (AvgIpc) is 3.25. The SMILES string of the molecule is COc1c(-c2cnn([C@H]3CCCC34OCCO4)c2)ccnc1-c1nn(C)c2cnc(NC(=O)C3CC3)cc12. The van der Waals surface area contributed by atoms with Crippen LogP contribution < -0.4 is 10.1 Å². The summed E-state index contributed by atoms with van der Waals surface area (Å²) in [6.45, 7) is 1.23. The molecule has 11 heteroatoms. The quantitative estimate of drug-likeness (QED) is 0.413. The fourth-order valence-corrected chi connectivity index (χ4v) is 5.74. The second-order valence-electron chi connectivity index (χ2n) is 10.2. The van der Waals surface area contributed by atoms with Crippen LogP contribution in [0.25, 0.3) is 33.4 Å². The Morgan fingerprint density at radius 1 is 1.16 bits per heavy atom.